The lowest BCUT2D eigenvalue weighted by atomic mass is 9.74. The molecule has 21 heavy (non-hydrogen) atoms. The van der Waals surface area contributed by atoms with Crippen molar-refractivity contribution in [3.63, 3.8) is 0 Å². The fourth-order valence-electron chi connectivity index (χ4n) is 2.72. The summed E-state index contributed by atoms with van der Waals surface area (Å²) < 4.78 is 13.8. The Morgan fingerprint density at radius 2 is 1.95 bits per heavy atom. The van der Waals surface area contributed by atoms with E-state index in [1.54, 1.807) is 0 Å². The lowest BCUT2D eigenvalue weighted by molar-refractivity contribution is -0.150. The summed E-state index contributed by atoms with van der Waals surface area (Å²) in [6.07, 6.45) is 3.72. The SMILES string of the molecule is O=C(NCC1(C(=O)O)CCCCC1)c1cccc(Cl)c1F. The molecule has 2 rings (SSSR count). The van der Waals surface area contributed by atoms with Gasteiger partial charge in [-0.2, -0.15) is 0 Å². The Hall–Kier alpha value is -1.62. The highest BCUT2D eigenvalue weighted by Crippen LogP contribution is 2.36. The minimum Gasteiger partial charge on any atom is -0.481 e. The summed E-state index contributed by atoms with van der Waals surface area (Å²) >= 11 is 5.64. The average Bonchev–Trinajstić information content (AvgIpc) is 2.48. The molecule has 0 aliphatic heterocycles. The van der Waals surface area contributed by atoms with E-state index >= 15 is 0 Å². The Labute approximate surface area is 127 Å². The number of aliphatic carboxylic acids is 1. The largest absolute Gasteiger partial charge is 0.481 e. The van der Waals surface area contributed by atoms with Crippen molar-refractivity contribution in [1.82, 2.24) is 5.32 Å². The highest BCUT2D eigenvalue weighted by atomic mass is 35.5. The van der Waals surface area contributed by atoms with Crippen molar-refractivity contribution in [3.05, 3.63) is 34.6 Å². The number of carboxylic acid groups (broad SMARTS) is 1. The van der Waals surface area contributed by atoms with E-state index in [0.717, 1.165) is 19.3 Å². The average molecular weight is 314 g/mol. The van der Waals surface area contributed by atoms with E-state index in [2.05, 4.69) is 5.32 Å². The second-order valence-corrected chi connectivity index (χ2v) is 5.84. The number of carbonyl (C=O) groups excluding carboxylic acids is 1. The van der Waals surface area contributed by atoms with Crippen molar-refractivity contribution < 1.29 is 19.1 Å². The Kier molecular flexibility index (Phi) is 4.83. The van der Waals surface area contributed by atoms with Crippen LogP contribution in [-0.2, 0) is 4.79 Å². The summed E-state index contributed by atoms with van der Waals surface area (Å²) in [5.74, 6) is -2.33. The van der Waals surface area contributed by atoms with Crippen LogP contribution in [0.3, 0.4) is 0 Å². The first-order valence-electron chi connectivity index (χ1n) is 6.92. The van der Waals surface area contributed by atoms with Crippen molar-refractivity contribution in [3.8, 4) is 0 Å². The molecule has 0 saturated heterocycles. The minimum atomic E-state index is -0.942. The predicted molar refractivity (Wildman–Crippen MR) is 76.9 cm³/mol. The predicted octanol–water partition coefficient (Wildman–Crippen LogP) is 3.24. The molecule has 0 bridgehead atoms. The molecule has 0 spiro atoms. The monoisotopic (exact) mass is 313 g/mol. The quantitative estimate of drug-likeness (QED) is 0.896. The first-order chi connectivity index (χ1) is 9.96. The molecular formula is C15H17ClFNO3. The van der Waals surface area contributed by atoms with Gasteiger partial charge in [0.1, 0.15) is 0 Å². The Bertz CT molecular complexity index is 556. The van der Waals surface area contributed by atoms with Crippen LogP contribution in [0.5, 0.6) is 0 Å². The molecule has 0 radical (unpaired) electrons. The summed E-state index contributed by atoms with van der Waals surface area (Å²) in [6.45, 7) is 0.00706. The van der Waals surface area contributed by atoms with E-state index in [-0.39, 0.29) is 17.1 Å². The molecule has 1 aliphatic carbocycles. The summed E-state index contributed by atoms with van der Waals surface area (Å²) in [6, 6.07) is 4.16. The van der Waals surface area contributed by atoms with Crippen molar-refractivity contribution in [1.29, 1.82) is 0 Å². The molecule has 1 aliphatic rings. The summed E-state index contributed by atoms with van der Waals surface area (Å²) in [7, 11) is 0. The molecule has 2 N–H and O–H groups in total. The van der Waals surface area contributed by atoms with Crippen LogP contribution in [0.4, 0.5) is 4.39 Å². The van der Waals surface area contributed by atoms with Gasteiger partial charge in [-0.05, 0) is 25.0 Å². The van der Waals surface area contributed by atoms with Crippen molar-refractivity contribution in [2.45, 2.75) is 32.1 Å². The highest BCUT2D eigenvalue weighted by molar-refractivity contribution is 6.31. The van der Waals surface area contributed by atoms with E-state index in [1.165, 1.54) is 18.2 Å². The zero-order chi connectivity index (χ0) is 15.5. The molecule has 1 saturated carbocycles. The van der Waals surface area contributed by atoms with E-state index in [1.807, 2.05) is 0 Å². The second kappa shape index (κ2) is 6.43. The van der Waals surface area contributed by atoms with Crippen LogP contribution in [-0.4, -0.2) is 23.5 Å². The summed E-state index contributed by atoms with van der Waals surface area (Å²) in [5, 5.41) is 11.8. The molecule has 0 heterocycles. The topological polar surface area (TPSA) is 66.4 Å². The molecule has 6 heteroatoms. The van der Waals surface area contributed by atoms with Gasteiger partial charge in [0.2, 0.25) is 0 Å². The first-order valence-corrected chi connectivity index (χ1v) is 7.30. The van der Waals surface area contributed by atoms with Crippen molar-refractivity contribution in [2.75, 3.05) is 6.54 Å². The van der Waals surface area contributed by atoms with Gasteiger partial charge >= 0.3 is 5.97 Å². The number of halogens is 2. The van der Waals surface area contributed by atoms with E-state index in [9.17, 15) is 19.1 Å². The van der Waals surface area contributed by atoms with Gasteiger partial charge in [-0.3, -0.25) is 9.59 Å². The third-order valence-corrected chi connectivity index (χ3v) is 4.34. The Balaban J connectivity index is 2.09. The summed E-state index contributed by atoms with van der Waals surface area (Å²) in [5.41, 5.74) is -1.11. The number of benzene rings is 1. The zero-order valence-electron chi connectivity index (χ0n) is 11.5. The summed E-state index contributed by atoms with van der Waals surface area (Å²) in [4.78, 5) is 23.5. The standard InChI is InChI=1S/C15H17ClFNO3/c16-11-6-4-5-10(12(11)17)13(19)18-9-15(14(20)21)7-2-1-3-8-15/h4-6H,1-3,7-9H2,(H,18,19)(H,20,21). The lowest BCUT2D eigenvalue weighted by Crippen LogP contribution is -2.44. The Morgan fingerprint density at radius 1 is 1.29 bits per heavy atom. The fourth-order valence-corrected chi connectivity index (χ4v) is 2.89. The minimum absolute atomic E-state index is 0.00706. The van der Waals surface area contributed by atoms with Gasteiger partial charge in [-0.25, -0.2) is 4.39 Å². The molecule has 0 atom stereocenters. The van der Waals surface area contributed by atoms with E-state index in [4.69, 9.17) is 11.6 Å². The van der Waals surface area contributed by atoms with Gasteiger partial charge in [0.15, 0.2) is 5.82 Å². The van der Waals surface area contributed by atoms with Gasteiger partial charge < -0.3 is 10.4 Å². The third kappa shape index (κ3) is 3.35. The number of rotatable bonds is 4. The van der Waals surface area contributed by atoms with Crippen molar-refractivity contribution >= 4 is 23.5 Å². The first kappa shape index (κ1) is 15.8. The maximum absolute atomic E-state index is 13.8. The van der Waals surface area contributed by atoms with Crippen LogP contribution in [0.15, 0.2) is 18.2 Å². The molecule has 4 nitrogen and oxygen atoms in total. The van der Waals surface area contributed by atoms with Gasteiger partial charge in [0.05, 0.1) is 16.0 Å². The smallest absolute Gasteiger partial charge is 0.311 e. The van der Waals surface area contributed by atoms with Gasteiger partial charge in [-0.1, -0.05) is 36.9 Å². The number of carboxylic acids is 1. The molecule has 0 unspecified atom stereocenters. The Morgan fingerprint density at radius 3 is 2.57 bits per heavy atom. The molecular weight excluding hydrogens is 297 g/mol. The molecule has 1 aromatic rings. The maximum Gasteiger partial charge on any atom is 0.311 e. The molecule has 1 fully saturated rings. The lowest BCUT2D eigenvalue weighted by Gasteiger charge is -2.33. The number of amides is 1. The van der Waals surface area contributed by atoms with Gasteiger partial charge in [-0.15, -0.1) is 0 Å². The van der Waals surface area contributed by atoms with Crippen LogP contribution in [0, 0.1) is 11.2 Å². The number of nitrogens with one attached hydrogen (secondary N) is 1. The normalized spacial score (nSPS) is 17.2. The molecule has 114 valence electrons. The van der Waals surface area contributed by atoms with Crippen LogP contribution < -0.4 is 5.32 Å². The van der Waals surface area contributed by atoms with E-state index < -0.39 is 23.1 Å². The van der Waals surface area contributed by atoms with Crippen LogP contribution in [0.1, 0.15) is 42.5 Å². The zero-order valence-corrected chi connectivity index (χ0v) is 12.3. The van der Waals surface area contributed by atoms with E-state index in [0.29, 0.717) is 12.8 Å². The number of carbonyl (C=O) groups is 2. The molecule has 1 aromatic carbocycles. The number of hydrogen-bond acceptors (Lipinski definition) is 2. The van der Waals surface area contributed by atoms with Crippen LogP contribution >= 0.6 is 11.6 Å². The highest BCUT2D eigenvalue weighted by Gasteiger charge is 2.39. The second-order valence-electron chi connectivity index (χ2n) is 5.43. The van der Waals surface area contributed by atoms with Crippen LogP contribution in [0.2, 0.25) is 5.02 Å². The van der Waals surface area contributed by atoms with Gasteiger partial charge in [0.25, 0.3) is 5.91 Å². The van der Waals surface area contributed by atoms with Crippen molar-refractivity contribution in [2.24, 2.45) is 5.41 Å². The van der Waals surface area contributed by atoms with Gasteiger partial charge in [0, 0.05) is 6.54 Å². The molecule has 0 aromatic heterocycles. The maximum atomic E-state index is 13.8. The fraction of sp³-hybridized carbons (Fsp3) is 0.467. The molecule has 1 amide bonds. The number of hydrogen-bond donors (Lipinski definition) is 2. The van der Waals surface area contributed by atoms with Crippen LogP contribution in [0.25, 0.3) is 0 Å². The third-order valence-electron chi connectivity index (χ3n) is 4.05.